The molecule has 1 nitrogen and oxygen atoms in total. The molecule has 0 aliphatic carbocycles. The number of rotatable bonds is 2. The summed E-state index contributed by atoms with van der Waals surface area (Å²) in [5, 5.41) is 0. The molecule has 1 atom stereocenters. The van der Waals surface area contributed by atoms with Crippen molar-refractivity contribution in [2.24, 2.45) is 5.73 Å². The highest BCUT2D eigenvalue weighted by Gasteiger charge is 1.82. The number of hydrogen-bond acceptors (Lipinski definition) is 1. The summed E-state index contributed by atoms with van der Waals surface area (Å²) in [6, 6.07) is 0.167. The van der Waals surface area contributed by atoms with Crippen LogP contribution in [0.4, 0.5) is 0 Å². The van der Waals surface area contributed by atoms with Crippen molar-refractivity contribution in [3.63, 3.8) is 0 Å². The molecule has 0 radical (unpaired) electrons. The molecule has 0 fully saturated rings. The van der Waals surface area contributed by atoms with Crippen molar-refractivity contribution in [3.05, 3.63) is 23.8 Å². The van der Waals surface area contributed by atoms with Crippen molar-refractivity contribution < 1.29 is 0 Å². The third kappa shape index (κ3) is 5.31. The second-order valence-electron chi connectivity index (χ2n) is 2.25. The Hall–Kier alpha value is -0.560. The number of hydrogen-bond donors (Lipinski definition) is 1. The molecular weight excluding hydrogens is 110 g/mol. The predicted molar refractivity (Wildman–Crippen MR) is 42.2 cm³/mol. The molecule has 0 aromatic heterocycles. The molecule has 0 aromatic carbocycles. The summed E-state index contributed by atoms with van der Waals surface area (Å²) in [5.41, 5.74) is 6.74. The topological polar surface area (TPSA) is 26.0 Å². The van der Waals surface area contributed by atoms with Crippen molar-refractivity contribution in [1.82, 2.24) is 0 Å². The van der Waals surface area contributed by atoms with Gasteiger partial charge in [0.15, 0.2) is 0 Å². The zero-order chi connectivity index (χ0) is 7.28. The first-order chi connectivity index (χ1) is 4.16. The van der Waals surface area contributed by atoms with Crippen LogP contribution in [0.5, 0.6) is 0 Å². The average molecular weight is 125 g/mol. The van der Waals surface area contributed by atoms with Crippen LogP contribution in [0.25, 0.3) is 0 Å². The molecule has 2 N–H and O–H groups in total. The van der Waals surface area contributed by atoms with Gasteiger partial charge in [-0.3, -0.25) is 0 Å². The van der Waals surface area contributed by atoms with E-state index in [0.717, 1.165) is 0 Å². The Morgan fingerprint density at radius 2 is 2.11 bits per heavy atom. The SMILES string of the molecule is C/C=C(C)\C=C/C(C)N. The van der Waals surface area contributed by atoms with Gasteiger partial charge in [0.05, 0.1) is 0 Å². The Morgan fingerprint density at radius 1 is 1.56 bits per heavy atom. The van der Waals surface area contributed by atoms with Crippen LogP contribution >= 0.6 is 0 Å². The van der Waals surface area contributed by atoms with Crippen LogP contribution in [0.1, 0.15) is 20.8 Å². The van der Waals surface area contributed by atoms with Gasteiger partial charge in [-0.25, -0.2) is 0 Å². The van der Waals surface area contributed by atoms with E-state index in [2.05, 4.69) is 13.0 Å². The molecule has 0 spiro atoms. The van der Waals surface area contributed by atoms with Gasteiger partial charge in [-0.05, 0) is 20.8 Å². The summed E-state index contributed by atoms with van der Waals surface area (Å²) in [6.07, 6.45) is 6.07. The van der Waals surface area contributed by atoms with Gasteiger partial charge < -0.3 is 5.73 Å². The molecule has 0 bridgehead atoms. The van der Waals surface area contributed by atoms with E-state index in [1.165, 1.54) is 5.57 Å². The molecule has 0 aliphatic rings. The van der Waals surface area contributed by atoms with Crippen LogP contribution in [0.15, 0.2) is 23.8 Å². The minimum atomic E-state index is 0.167. The minimum absolute atomic E-state index is 0.167. The summed E-state index contributed by atoms with van der Waals surface area (Å²) < 4.78 is 0. The zero-order valence-corrected chi connectivity index (χ0v) is 6.39. The quantitative estimate of drug-likeness (QED) is 0.560. The van der Waals surface area contributed by atoms with E-state index in [0.29, 0.717) is 0 Å². The van der Waals surface area contributed by atoms with Gasteiger partial charge in [0.1, 0.15) is 0 Å². The first kappa shape index (κ1) is 8.44. The molecule has 0 aliphatic heterocycles. The molecular formula is C8H15N. The molecule has 1 heteroatoms. The second-order valence-corrected chi connectivity index (χ2v) is 2.25. The minimum Gasteiger partial charge on any atom is -0.325 e. The Bertz CT molecular complexity index is 121. The Kier molecular flexibility index (Phi) is 4.06. The lowest BCUT2D eigenvalue weighted by atomic mass is 10.2. The van der Waals surface area contributed by atoms with Crippen molar-refractivity contribution >= 4 is 0 Å². The molecule has 0 saturated carbocycles. The Balaban J connectivity index is 3.71. The first-order valence-electron chi connectivity index (χ1n) is 3.23. The van der Waals surface area contributed by atoms with Crippen LogP contribution in [-0.2, 0) is 0 Å². The van der Waals surface area contributed by atoms with Crippen LogP contribution < -0.4 is 5.73 Å². The van der Waals surface area contributed by atoms with Crippen molar-refractivity contribution in [1.29, 1.82) is 0 Å². The third-order valence-corrected chi connectivity index (χ3v) is 1.12. The van der Waals surface area contributed by atoms with Gasteiger partial charge >= 0.3 is 0 Å². The fraction of sp³-hybridized carbons (Fsp3) is 0.500. The molecule has 0 amide bonds. The second kappa shape index (κ2) is 4.33. The summed E-state index contributed by atoms with van der Waals surface area (Å²) in [5.74, 6) is 0. The van der Waals surface area contributed by atoms with E-state index in [4.69, 9.17) is 5.73 Å². The van der Waals surface area contributed by atoms with E-state index >= 15 is 0 Å². The fourth-order valence-electron chi connectivity index (χ4n) is 0.400. The summed E-state index contributed by atoms with van der Waals surface area (Å²) in [6.45, 7) is 6.03. The Labute approximate surface area is 57.3 Å². The average Bonchev–Trinajstić information content (AvgIpc) is 1.83. The maximum atomic E-state index is 5.48. The highest BCUT2D eigenvalue weighted by atomic mass is 14.6. The van der Waals surface area contributed by atoms with Gasteiger partial charge in [0.2, 0.25) is 0 Å². The molecule has 0 heterocycles. The lowest BCUT2D eigenvalue weighted by Crippen LogP contribution is -2.10. The van der Waals surface area contributed by atoms with Crippen LogP contribution in [-0.4, -0.2) is 6.04 Å². The Morgan fingerprint density at radius 3 is 2.44 bits per heavy atom. The first-order valence-corrected chi connectivity index (χ1v) is 3.23. The van der Waals surface area contributed by atoms with Gasteiger partial charge in [-0.2, -0.15) is 0 Å². The fourth-order valence-corrected chi connectivity index (χ4v) is 0.400. The van der Waals surface area contributed by atoms with E-state index in [9.17, 15) is 0 Å². The summed E-state index contributed by atoms with van der Waals surface area (Å²) in [7, 11) is 0. The molecule has 9 heavy (non-hydrogen) atoms. The molecule has 1 unspecified atom stereocenters. The molecule has 0 aromatic rings. The maximum Gasteiger partial charge on any atom is 0.0197 e. The van der Waals surface area contributed by atoms with Crippen LogP contribution in [0.3, 0.4) is 0 Å². The maximum absolute atomic E-state index is 5.48. The molecule has 0 rings (SSSR count). The van der Waals surface area contributed by atoms with Gasteiger partial charge in [-0.15, -0.1) is 0 Å². The van der Waals surface area contributed by atoms with Gasteiger partial charge in [0.25, 0.3) is 0 Å². The third-order valence-electron chi connectivity index (χ3n) is 1.12. The standard InChI is InChI=1S/C8H15N/c1-4-7(2)5-6-8(3)9/h4-6,8H,9H2,1-3H3/b6-5-,7-4-. The largest absolute Gasteiger partial charge is 0.325 e. The van der Waals surface area contributed by atoms with E-state index in [1.54, 1.807) is 0 Å². The normalized spacial score (nSPS) is 16.7. The summed E-state index contributed by atoms with van der Waals surface area (Å²) >= 11 is 0. The van der Waals surface area contributed by atoms with Crippen LogP contribution in [0.2, 0.25) is 0 Å². The van der Waals surface area contributed by atoms with Crippen molar-refractivity contribution in [3.8, 4) is 0 Å². The number of nitrogens with two attached hydrogens (primary N) is 1. The monoisotopic (exact) mass is 125 g/mol. The van der Waals surface area contributed by atoms with E-state index in [1.807, 2.05) is 26.0 Å². The molecule has 52 valence electrons. The van der Waals surface area contributed by atoms with E-state index < -0.39 is 0 Å². The zero-order valence-electron chi connectivity index (χ0n) is 6.39. The predicted octanol–water partition coefficient (Wildman–Crippen LogP) is 1.86. The van der Waals surface area contributed by atoms with Gasteiger partial charge in [-0.1, -0.05) is 23.8 Å². The van der Waals surface area contributed by atoms with Crippen molar-refractivity contribution in [2.75, 3.05) is 0 Å². The summed E-state index contributed by atoms with van der Waals surface area (Å²) in [4.78, 5) is 0. The lowest BCUT2D eigenvalue weighted by Gasteiger charge is -1.93. The van der Waals surface area contributed by atoms with Gasteiger partial charge in [0, 0.05) is 6.04 Å². The highest BCUT2D eigenvalue weighted by molar-refractivity contribution is 5.15. The van der Waals surface area contributed by atoms with Crippen molar-refractivity contribution in [2.45, 2.75) is 26.8 Å². The number of allylic oxidation sites excluding steroid dienone is 3. The highest BCUT2D eigenvalue weighted by Crippen LogP contribution is 1.93. The van der Waals surface area contributed by atoms with E-state index in [-0.39, 0.29) is 6.04 Å². The van der Waals surface area contributed by atoms with Crippen LogP contribution in [0, 0.1) is 0 Å². The molecule has 0 saturated heterocycles. The lowest BCUT2D eigenvalue weighted by molar-refractivity contribution is 0.924. The smallest absolute Gasteiger partial charge is 0.0197 e.